The molecule has 5 heteroatoms. The second kappa shape index (κ2) is 7.62. The first-order valence-corrected chi connectivity index (χ1v) is 7.18. The van der Waals surface area contributed by atoms with Crippen LogP contribution in [0.15, 0.2) is 0 Å². The Kier molecular flexibility index (Phi) is 6.46. The average Bonchev–Trinajstić information content (AvgIpc) is 2.35. The van der Waals surface area contributed by atoms with Gasteiger partial charge < -0.3 is 14.2 Å². The minimum atomic E-state index is -0.559. The molecule has 1 aliphatic carbocycles. The molecule has 2 atom stereocenters. The SMILES string of the molecule is COCC(=O)OCC(=O)OC(C)C1CCCC(C)(C)C1. The van der Waals surface area contributed by atoms with Crippen LogP contribution in [0.3, 0.4) is 0 Å². The van der Waals surface area contributed by atoms with E-state index in [4.69, 9.17) is 9.47 Å². The molecule has 1 aliphatic rings. The summed E-state index contributed by atoms with van der Waals surface area (Å²) in [7, 11) is 1.40. The van der Waals surface area contributed by atoms with Crippen molar-refractivity contribution < 1.29 is 23.8 Å². The van der Waals surface area contributed by atoms with Crippen molar-refractivity contribution >= 4 is 11.9 Å². The molecule has 0 bridgehead atoms. The number of ether oxygens (including phenoxy) is 3. The highest BCUT2D eigenvalue weighted by Crippen LogP contribution is 2.40. The summed E-state index contributed by atoms with van der Waals surface area (Å²) in [6.45, 7) is 5.92. The molecule has 0 amide bonds. The zero-order valence-corrected chi connectivity index (χ0v) is 12.9. The maximum absolute atomic E-state index is 11.6. The lowest BCUT2D eigenvalue weighted by Crippen LogP contribution is -2.33. The Morgan fingerprint density at radius 1 is 1.25 bits per heavy atom. The summed E-state index contributed by atoms with van der Waals surface area (Å²) in [5, 5.41) is 0. The van der Waals surface area contributed by atoms with Crippen LogP contribution >= 0.6 is 0 Å². The van der Waals surface area contributed by atoms with Crippen molar-refractivity contribution in [3.8, 4) is 0 Å². The van der Waals surface area contributed by atoms with Gasteiger partial charge in [-0.2, -0.15) is 0 Å². The van der Waals surface area contributed by atoms with E-state index in [1.54, 1.807) is 0 Å². The zero-order chi connectivity index (χ0) is 15.2. The Labute approximate surface area is 121 Å². The van der Waals surface area contributed by atoms with Gasteiger partial charge in [0.05, 0.1) is 0 Å². The molecule has 2 unspecified atom stereocenters. The van der Waals surface area contributed by atoms with E-state index in [0.29, 0.717) is 11.3 Å². The quantitative estimate of drug-likeness (QED) is 0.701. The van der Waals surface area contributed by atoms with Crippen LogP contribution < -0.4 is 0 Å². The molecule has 0 aromatic carbocycles. The Morgan fingerprint density at radius 2 is 1.95 bits per heavy atom. The first-order chi connectivity index (χ1) is 9.34. The predicted molar refractivity (Wildman–Crippen MR) is 74.1 cm³/mol. The summed E-state index contributed by atoms with van der Waals surface area (Å²) in [5.74, 6) is -0.668. The van der Waals surface area contributed by atoms with E-state index in [9.17, 15) is 9.59 Å². The van der Waals surface area contributed by atoms with E-state index in [1.165, 1.54) is 20.0 Å². The van der Waals surface area contributed by atoms with E-state index in [2.05, 4.69) is 18.6 Å². The average molecular weight is 286 g/mol. The lowest BCUT2D eigenvalue weighted by Gasteiger charge is -2.37. The normalized spacial score (nSPS) is 22.9. The highest BCUT2D eigenvalue weighted by Gasteiger charge is 2.32. The molecule has 0 heterocycles. The maximum Gasteiger partial charge on any atom is 0.344 e. The maximum atomic E-state index is 11.6. The van der Waals surface area contributed by atoms with E-state index in [-0.39, 0.29) is 19.3 Å². The van der Waals surface area contributed by atoms with Crippen molar-refractivity contribution in [1.82, 2.24) is 0 Å². The highest BCUT2D eigenvalue weighted by molar-refractivity contribution is 5.77. The van der Waals surface area contributed by atoms with Crippen molar-refractivity contribution in [2.24, 2.45) is 11.3 Å². The molecule has 0 radical (unpaired) electrons. The van der Waals surface area contributed by atoms with Crippen LogP contribution in [-0.2, 0) is 23.8 Å². The summed E-state index contributed by atoms with van der Waals surface area (Å²) in [6.07, 6.45) is 4.40. The van der Waals surface area contributed by atoms with E-state index in [0.717, 1.165) is 12.8 Å². The van der Waals surface area contributed by atoms with Crippen molar-refractivity contribution in [2.45, 2.75) is 52.6 Å². The van der Waals surface area contributed by atoms with Gasteiger partial charge in [-0.25, -0.2) is 9.59 Å². The van der Waals surface area contributed by atoms with Crippen LogP contribution in [0.25, 0.3) is 0 Å². The molecule has 0 saturated heterocycles. The van der Waals surface area contributed by atoms with Crippen molar-refractivity contribution in [1.29, 1.82) is 0 Å². The van der Waals surface area contributed by atoms with Crippen LogP contribution in [0.4, 0.5) is 0 Å². The molecule has 116 valence electrons. The van der Waals surface area contributed by atoms with Gasteiger partial charge >= 0.3 is 11.9 Å². The Hall–Kier alpha value is -1.10. The number of carbonyl (C=O) groups excluding carboxylic acids is 2. The minimum Gasteiger partial charge on any atom is -0.460 e. The number of hydrogen-bond acceptors (Lipinski definition) is 5. The van der Waals surface area contributed by atoms with Gasteiger partial charge in [0.2, 0.25) is 0 Å². The third-order valence-corrected chi connectivity index (χ3v) is 3.84. The van der Waals surface area contributed by atoms with Crippen molar-refractivity contribution in [3.05, 3.63) is 0 Å². The summed E-state index contributed by atoms with van der Waals surface area (Å²) in [4.78, 5) is 22.7. The molecule has 0 aromatic heterocycles. The topological polar surface area (TPSA) is 61.8 Å². The van der Waals surface area contributed by atoms with Gasteiger partial charge in [-0.15, -0.1) is 0 Å². The number of carbonyl (C=O) groups is 2. The Balaban J connectivity index is 2.32. The molecule has 1 rings (SSSR count). The van der Waals surface area contributed by atoms with Crippen molar-refractivity contribution in [2.75, 3.05) is 20.3 Å². The van der Waals surface area contributed by atoms with E-state index >= 15 is 0 Å². The van der Waals surface area contributed by atoms with Crippen LogP contribution in [0, 0.1) is 11.3 Å². The van der Waals surface area contributed by atoms with Gasteiger partial charge in [0.1, 0.15) is 12.7 Å². The largest absolute Gasteiger partial charge is 0.460 e. The first-order valence-electron chi connectivity index (χ1n) is 7.18. The molecule has 5 nitrogen and oxygen atoms in total. The first kappa shape index (κ1) is 17.0. The third-order valence-electron chi connectivity index (χ3n) is 3.84. The molecule has 0 aromatic rings. The van der Waals surface area contributed by atoms with E-state index < -0.39 is 11.9 Å². The fourth-order valence-corrected chi connectivity index (χ4v) is 2.79. The fraction of sp³-hybridized carbons (Fsp3) is 0.867. The van der Waals surface area contributed by atoms with Gasteiger partial charge in [-0.1, -0.05) is 20.3 Å². The molecule has 20 heavy (non-hydrogen) atoms. The molecule has 1 fully saturated rings. The number of hydrogen-bond donors (Lipinski definition) is 0. The third kappa shape index (κ3) is 5.90. The standard InChI is InChI=1S/C15H26O5/c1-11(12-6-5-7-15(2,3)8-12)20-14(17)10-19-13(16)9-18-4/h11-12H,5-10H2,1-4H3. The van der Waals surface area contributed by atoms with Crippen LogP contribution in [0.1, 0.15) is 46.5 Å². The van der Waals surface area contributed by atoms with Crippen LogP contribution in [0.5, 0.6) is 0 Å². The van der Waals surface area contributed by atoms with Gasteiger partial charge in [0, 0.05) is 7.11 Å². The lowest BCUT2D eigenvalue weighted by molar-refractivity contribution is -0.166. The van der Waals surface area contributed by atoms with Gasteiger partial charge in [-0.05, 0) is 37.5 Å². The molecule has 0 aliphatic heterocycles. The molecule has 0 N–H and O–H groups in total. The highest BCUT2D eigenvalue weighted by atomic mass is 16.6. The molecular formula is C15H26O5. The summed E-state index contributed by atoms with van der Waals surface area (Å²) in [5.41, 5.74) is 0.314. The van der Waals surface area contributed by atoms with Crippen LogP contribution in [0.2, 0.25) is 0 Å². The second-order valence-electron chi connectivity index (χ2n) is 6.31. The fourth-order valence-electron chi connectivity index (χ4n) is 2.79. The Bertz CT molecular complexity index is 337. The molecule has 1 saturated carbocycles. The van der Waals surface area contributed by atoms with Gasteiger partial charge in [0.15, 0.2) is 6.61 Å². The monoisotopic (exact) mass is 286 g/mol. The predicted octanol–water partition coefficient (Wildman–Crippen LogP) is 2.32. The summed E-state index contributed by atoms with van der Waals surface area (Å²) < 4.78 is 14.7. The van der Waals surface area contributed by atoms with Gasteiger partial charge in [0.25, 0.3) is 0 Å². The van der Waals surface area contributed by atoms with E-state index in [1.807, 2.05) is 6.92 Å². The van der Waals surface area contributed by atoms with Crippen LogP contribution in [-0.4, -0.2) is 38.4 Å². The molecular weight excluding hydrogens is 260 g/mol. The summed E-state index contributed by atoms with van der Waals surface area (Å²) in [6, 6.07) is 0. The summed E-state index contributed by atoms with van der Waals surface area (Å²) >= 11 is 0. The number of esters is 2. The minimum absolute atomic E-state index is 0.136. The molecule has 0 spiro atoms. The second-order valence-corrected chi connectivity index (χ2v) is 6.31. The van der Waals surface area contributed by atoms with Gasteiger partial charge in [-0.3, -0.25) is 0 Å². The lowest BCUT2D eigenvalue weighted by atomic mass is 9.71. The van der Waals surface area contributed by atoms with Crippen molar-refractivity contribution in [3.63, 3.8) is 0 Å². The Morgan fingerprint density at radius 3 is 2.55 bits per heavy atom. The smallest absolute Gasteiger partial charge is 0.344 e. The number of methoxy groups -OCH3 is 1. The zero-order valence-electron chi connectivity index (χ0n) is 12.9. The number of rotatable bonds is 6.